The lowest BCUT2D eigenvalue weighted by Crippen LogP contribution is -2.36. The van der Waals surface area contributed by atoms with Gasteiger partial charge in [0, 0.05) is 18.4 Å². The summed E-state index contributed by atoms with van der Waals surface area (Å²) < 4.78 is 7.17. The molecule has 4 rings (SSSR count). The average Bonchev–Trinajstić information content (AvgIpc) is 3.09. The maximum absolute atomic E-state index is 12.7. The van der Waals surface area contributed by atoms with E-state index in [0.717, 1.165) is 17.7 Å². The zero-order chi connectivity index (χ0) is 18.1. The second kappa shape index (κ2) is 6.63. The molecule has 0 fully saturated rings. The van der Waals surface area contributed by atoms with Crippen LogP contribution in [0.1, 0.15) is 23.0 Å². The molecule has 0 saturated carbocycles. The van der Waals surface area contributed by atoms with E-state index >= 15 is 0 Å². The minimum atomic E-state index is -0.303. The summed E-state index contributed by atoms with van der Waals surface area (Å²) in [4.78, 5) is 25.1. The number of rotatable bonds is 4. The van der Waals surface area contributed by atoms with Crippen molar-refractivity contribution in [2.45, 2.75) is 26.0 Å². The van der Waals surface area contributed by atoms with Crippen LogP contribution in [0.5, 0.6) is 5.75 Å². The highest BCUT2D eigenvalue weighted by Gasteiger charge is 2.24. The van der Waals surface area contributed by atoms with Gasteiger partial charge in [0.05, 0.1) is 11.9 Å². The van der Waals surface area contributed by atoms with Crippen LogP contribution >= 0.6 is 0 Å². The Morgan fingerprint density at radius 3 is 2.69 bits per heavy atom. The predicted molar refractivity (Wildman–Crippen MR) is 98.6 cm³/mol. The van der Waals surface area contributed by atoms with Gasteiger partial charge in [-0.15, -0.1) is 0 Å². The largest absolute Gasteiger partial charge is 0.488 e. The first-order chi connectivity index (χ1) is 12.7. The van der Waals surface area contributed by atoms with E-state index < -0.39 is 0 Å². The Morgan fingerprint density at radius 1 is 1.19 bits per heavy atom. The number of carbonyl (C=O) groups is 1. The number of carbonyl (C=O) groups excluding carboxylic acids is 1. The quantitative estimate of drug-likeness (QED) is 0.783. The van der Waals surface area contributed by atoms with Gasteiger partial charge in [-0.1, -0.05) is 36.4 Å². The van der Waals surface area contributed by atoms with Crippen molar-refractivity contribution in [1.82, 2.24) is 15.1 Å². The molecule has 0 unspecified atom stereocenters. The number of para-hydroxylation sites is 1. The summed E-state index contributed by atoms with van der Waals surface area (Å²) in [6, 6.07) is 14.9. The third-order valence-electron chi connectivity index (χ3n) is 4.59. The van der Waals surface area contributed by atoms with Crippen LogP contribution in [0.2, 0.25) is 0 Å². The molecule has 1 aromatic heterocycles. The van der Waals surface area contributed by atoms with Crippen molar-refractivity contribution in [2.75, 3.05) is 6.54 Å². The van der Waals surface area contributed by atoms with Gasteiger partial charge >= 0.3 is 0 Å². The number of benzene rings is 2. The van der Waals surface area contributed by atoms with E-state index in [1.807, 2.05) is 31.2 Å². The molecule has 132 valence electrons. The lowest BCUT2D eigenvalue weighted by Gasteiger charge is -2.13. The second-order valence-electron chi connectivity index (χ2n) is 6.28. The van der Waals surface area contributed by atoms with Crippen LogP contribution in [0.15, 0.2) is 53.3 Å². The first kappa shape index (κ1) is 16.3. The van der Waals surface area contributed by atoms with Gasteiger partial charge in [-0.2, -0.15) is 5.10 Å². The highest BCUT2D eigenvalue weighted by Crippen LogP contribution is 2.27. The van der Waals surface area contributed by atoms with Crippen molar-refractivity contribution < 1.29 is 9.53 Å². The number of ether oxygens (including phenoxy) is 1. The Labute approximate surface area is 150 Å². The maximum atomic E-state index is 12.7. The van der Waals surface area contributed by atoms with E-state index in [-0.39, 0.29) is 23.3 Å². The minimum Gasteiger partial charge on any atom is -0.488 e. The molecule has 2 heterocycles. The first-order valence-electron chi connectivity index (χ1n) is 8.70. The van der Waals surface area contributed by atoms with Crippen molar-refractivity contribution in [3.05, 3.63) is 70.1 Å². The Hall–Kier alpha value is -3.15. The molecular formula is C20H19N3O3. The molecule has 0 saturated heterocycles. The predicted octanol–water partition coefficient (Wildman–Crippen LogP) is 2.15. The lowest BCUT2D eigenvalue weighted by molar-refractivity contribution is 0.0928. The number of nitrogens with zero attached hydrogens (tertiary/aromatic N) is 2. The summed E-state index contributed by atoms with van der Waals surface area (Å²) in [5.41, 5.74) is 1.22. The number of nitrogens with one attached hydrogen (secondary N) is 1. The van der Waals surface area contributed by atoms with Crippen LogP contribution in [-0.2, 0) is 13.0 Å². The topological polar surface area (TPSA) is 73.2 Å². The maximum Gasteiger partial charge on any atom is 0.274 e. The second-order valence-corrected chi connectivity index (χ2v) is 6.28. The summed E-state index contributed by atoms with van der Waals surface area (Å²) in [7, 11) is 0. The third kappa shape index (κ3) is 2.83. The zero-order valence-electron chi connectivity index (χ0n) is 14.4. The molecule has 0 radical (unpaired) electrons. The minimum absolute atomic E-state index is 0.0975. The Morgan fingerprint density at radius 2 is 1.92 bits per heavy atom. The van der Waals surface area contributed by atoms with Gasteiger partial charge in [-0.3, -0.25) is 9.59 Å². The van der Waals surface area contributed by atoms with Crippen LogP contribution in [0.3, 0.4) is 0 Å². The molecule has 1 aliphatic rings. The summed E-state index contributed by atoms with van der Waals surface area (Å²) in [6.45, 7) is 2.62. The van der Waals surface area contributed by atoms with E-state index in [1.165, 1.54) is 4.68 Å². The molecule has 0 spiro atoms. The summed E-state index contributed by atoms with van der Waals surface area (Å²) in [5, 5.41) is 8.22. The van der Waals surface area contributed by atoms with Gasteiger partial charge in [0.25, 0.3) is 11.5 Å². The van der Waals surface area contributed by atoms with E-state index in [0.29, 0.717) is 23.9 Å². The van der Waals surface area contributed by atoms with E-state index in [9.17, 15) is 9.59 Å². The van der Waals surface area contributed by atoms with E-state index in [2.05, 4.69) is 10.4 Å². The summed E-state index contributed by atoms with van der Waals surface area (Å²) >= 11 is 0. The molecule has 0 bridgehead atoms. The number of hydrogen-bond donors (Lipinski definition) is 1. The van der Waals surface area contributed by atoms with Crippen LogP contribution in [0.25, 0.3) is 10.8 Å². The molecule has 2 aromatic carbocycles. The fraction of sp³-hybridized carbons (Fsp3) is 0.250. The van der Waals surface area contributed by atoms with Crippen LogP contribution < -0.4 is 15.6 Å². The molecule has 1 aliphatic heterocycles. The summed E-state index contributed by atoms with van der Waals surface area (Å²) in [6.07, 6.45) is 0.665. The van der Waals surface area contributed by atoms with E-state index in [4.69, 9.17) is 4.74 Å². The molecule has 3 aromatic rings. The number of aryl methyl sites for hydroxylation is 1. The number of fused-ring (bicyclic) bond motifs is 2. The standard InChI is InChI=1S/C20H19N3O3/c1-2-23-20(25)16-9-5-4-8-15(16)18(22-23)19(24)21-12-14-11-13-7-3-6-10-17(13)26-14/h3-10,14H,2,11-12H2,1H3,(H,21,24)/t14-/m0/s1. The third-order valence-corrected chi connectivity index (χ3v) is 4.59. The van der Waals surface area contributed by atoms with Crippen molar-refractivity contribution in [3.63, 3.8) is 0 Å². The molecular weight excluding hydrogens is 330 g/mol. The molecule has 1 atom stereocenters. The zero-order valence-corrected chi connectivity index (χ0v) is 14.4. The Kier molecular flexibility index (Phi) is 4.16. The Balaban J connectivity index is 1.56. The number of amides is 1. The highest BCUT2D eigenvalue weighted by molar-refractivity contribution is 6.04. The fourth-order valence-electron chi connectivity index (χ4n) is 3.28. The molecule has 0 aliphatic carbocycles. The highest BCUT2D eigenvalue weighted by atomic mass is 16.5. The van der Waals surface area contributed by atoms with Crippen LogP contribution in [0, 0.1) is 0 Å². The fourth-order valence-corrected chi connectivity index (χ4v) is 3.28. The SMILES string of the molecule is CCn1nc(C(=O)NC[C@@H]2Cc3ccccc3O2)c2ccccc2c1=O. The Bertz CT molecular complexity index is 1020. The van der Waals surface area contributed by atoms with Crippen LogP contribution in [-0.4, -0.2) is 28.3 Å². The summed E-state index contributed by atoms with van der Waals surface area (Å²) in [5.74, 6) is 0.567. The monoisotopic (exact) mass is 349 g/mol. The van der Waals surface area contributed by atoms with Crippen molar-refractivity contribution in [3.8, 4) is 5.75 Å². The van der Waals surface area contributed by atoms with Crippen molar-refractivity contribution in [1.29, 1.82) is 0 Å². The molecule has 26 heavy (non-hydrogen) atoms. The number of aromatic nitrogens is 2. The number of hydrogen-bond acceptors (Lipinski definition) is 4. The van der Waals surface area contributed by atoms with E-state index in [1.54, 1.807) is 24.3 Å². The smallest absolute Gasteiger partial charge is 0.274 e. The average molecular weight is 349 g/mol. The van der Waals surface area contributed by atoms with Gasteiger partial charge in [0.2, 0.25) is 0 Å². The normalized spacial score (nSPS) is 15.5. The lowest BCUT2D eigenvalue weighted by atomic mass is 10.1. The molecule has 6 nitrogen and oxygen atoms in total. The first-order valence-corrected chi connectivity index (χ1v) is 8.70. The van der Waals surface area contributed by atoms with Crippen LogP contribution in [0.4, 0.5) is 0 Å². The van der Waals surface area contributed by atoms with Gasteiger partial charge in [-0.05, 0) is 24.6 Å². The van der Waals surface area contributed by atoms with Gasteiger partial charge in [0.1, 0.15) is 11.9 Å². The van der Waals surface area contributed by atoms with Crippen molar-refractivity contribution in [2.24, 2.45) is 0 Å². The molecule has 1 N–H and O–H groups in total. The van der Waals surface area contributed by atoms with Gasteiger partial charge in [0.15, 0.2) is 5.69 Å². The molecule has 6 heteroatoms. The van der Waals surface area contributed by atoms with Crippen molar-refractivity contribution >= 4 is 16.7 Å². The van der Waals surface area contributed by atoms with Gasteiger partial charge < -0.3 is 10.1 Å². The molecule has 1 amide bonds. The van der Waals surface area contributed by atoms with Gasteiger partial charge in [-0.25, -0.2) is 4.68 Å².